The molecule has 0 amide bonds. The van der Waals surface area contributed by atoms with E-state index < -0.39 is 6.17 Å². The lowest BCUT2D eigenvalue weighted by Gasteiger charge is -2.33. The number of carbonyl (C=O) groups excluding carboxylic acids is 1. The van der Waals surface area contributed by atoms with Gasteiger partial charge in [0.2, 0.25) is 0 Å². The Hall–Kier alpha value is -3.80. The summed E-state index contributed by atoms with van der Waals surface area (Å²) in [6, 6.07) is 32.6. The Morgan fingerprint density at radius 3 is 2.08 bits per heavy atom. The molecule has 1 heterocycles. The Kier molecular flexibility index (Phi) is 6.94. The second-order valence-electron chi connectivity index (χ2n) is 8.33. The number of hydrazone groups is 1. The van der Waals surface area contributed by atoms with Crippen LogP contribution in [0, 0.1) is 0 Å². The minimum absolute atomic E-state index is 0.145. The molecule has 0 aromatic heterocycles. The number of carbonyl (C=O) groups is 1. The number of benzene rings is 4. The molecule has 0 N–H and O–H groups in total. The first-order valence-corrected chi connectivity index (χ1v) is 12.2. The van der Waals surface area contributed by atoms with Gasteiger partial charge in [-0.2, -0.15) is 0 Å². The van der Waals surface area contributed by atoms with Gasteiger partial charge >= 0.3 is 0 Å². The Morgan fingerprint density at radius 2 is 1.42 bits per heavy atom. The van der Waals surface area contributed by atoms with Crippen molar-refractivity contribution in [3.8, 4) is 5.75 Å². The summed E-state index contributed by atoms with van der Waals surface area (Å²) in [5, 5.41) is 7.94. The van der Waals surface area contributed by atoms with E-state index in [1.165, 1.54) is 6.92 Å². The number of para-hydroxylation sites is 2. The molecule has 0 unspecified atom stereocenters. The summed E-state index contributed by atoms with van der Waals surface area (Å²) >= 11 is 12.2. The number of halogens is 2. The van der Waals surface area contributed by atoms with E-state index in [1.54, 1.807) is 12.1 Å². The van der Waals surface area contributed by atoms with Gasteiger partial charge in [-0.1, -0.05) is 71.7 Å². The number of nitrogens with zero attached hydrogens (tertiary/aromatic N) is 3. The largest absolute Gasteiger partial charge is 0.488 e. The number of anilines is 2. The van der Waals surface area contributed by atoms with Crippen LogP contribution in [0.5, 0.6) is 5.75 Å². The lowest BCUT2D eigenvalue weighted by Crippen LogP contribution is -2.38. The van der Waals surface area contributed by atoms with E-state index in [4.69, 9.17) is 33.0 Å². The minimum atomic E-state index is -0.464. The van der Waals surface area contributed by atoms with Crippen LogP contribution in [0.2, 0.25) is 10.0 Å². The first kappa shape index (κ1) is 23.9. The summed E-state index contributed by atoms with van der Waals surface area (Å²) in [6.45, 7) is 1.89. The molecule has 5 nitrogen and oxygen atoms in total. The summed E-state index contributed by atoms with van der Waals surface area (Å²) in [4.78, 5) is 14.7. The van der Waals surface area contributed by atoms with Crippen LogP contribution >= 0.6 is 23.2 Å². The van der Waals surface area contributed by atoms with Crippen molar-refractivity contribution in [3.05, 3.63) is 124 Å². The zero-order valence-corrected chi connectivity index (χ0v) is 21.0. The molecule has 4 aromatic carbocycles. The van der Waals surface area contributed by atoms with Gasteiger partial charge in [0.25, 0.3) is 0 Å². The molecular weight excluding hydrogens is 493 g/mol. The number of amidine groups is 1. The standard InChI is InChI=1S/C29H23Cl2N3O2/c1-20(35)28-32-34(25-7-3-2-4-8-25)29(33(28)24-17-15-23(31)16-18-24)26-9-5-6-10-27(26)36-19-21-11-13-22(30)14-12-21/h2-18,29H,19H2,1H3/t29-/m1/s1. The smallest absolute Gasteiger partial charge is 0.198 e. The van der Waals surface area contributed by atoms with Crippen LogP contribution in [0.1, 0.15) is 24.2 Å². The highest BCUT2D eigenvalue weighted by Gasteiger charge is 2.40. The van der Waals surface area contributed by atoms with E-state index in [-0.39, 0.29) is 5.78 Å². The predicted octanol–water partition coefficient (Wildman–Crippen LogP) is 7.50. The molecule has 0 bridgehead atoms. The van der Waals surface area contributed by atoms with Crippen LogP contribution in [0.15, 0.2) is 108 Å². The van der Waals surface area contributed by atoms with Gasteiger partial charge in [-0.05, 0) is 60.2 Å². The molecule has 5 rings (SSSR count). The van der Waals surface area contributed by atoms with Crippen LogP contribution in [0.3, 0.4) is 0 Å². The van der Waals surface area contributed by atoms with E-state index in [2.05, 4.69) is 0 Å². The normalized spacial score (nSPS) is 15.1. The highest BCUT2D eigenvalue weighted by atomic mass is 35.5. The van der Waals surface area contributed by atoms with Crippen LogP contribution in [-0.4, -0.2) is 11.6 Å². The average molecular weight is 516 g/mol. The van der Waals surface area contributed by atoms with Crippen LogP contribution in [-0.2, 0) is 11.4 Å². The Morgan fingerprint density at radius 1 is 0.806 bits per heavy atom. The quantitative estimate of drug-likeness (QED) is 0.255. The van der Waals surface area contributed by atoms with Crippen molar-refractivity contribution >= 4 is 46.2 Å². The third-order valence-electron chi connectivity index (χ3n) is 5.85. The lowest BCUT2D eigenvalue weighted by atomic mass is 10.1. The highest BCUT2D eigenvalue weighted by Crippen LogP contribution is 2.42. The van der Waals surface area contributed by atoms with Crippen molar-refractivity contribution in [2.24, 2.45) is 5.10 Å². The molecule has 0 saturated heterocycles. The molecule has 0 saturated carbocycles. The first-order valence-electron chi connectivity index (χ1n) is 11.5. The van der Waals surface area contributed by atoms with Crippen molar-refractivity contribution in [3.63, 3.8) is 0 Å². The predicted molar refractivity (Wildman–Crippen MR) is 146 cm³/mol. The fraction of sp³-hybridized carbons (Fsp3) is 0.103. The Labute approximate surface area is 220 Å². The third kappa shape index (κ3) is 4.94. The molecule has 0 aliphatic carbocycles. The van der Waals surface area contributed by atoms with Gasteiger partial charge in [-0.15, -0.1) is 5.10 Å². The maximum absolute atomic E-state index is 12.8. The summed E-state index contributed by atoms with van der Waals surface area (Å²) < 4.78 is 6.31. The molecular formula is C29H23Cl2N3O2. The van der Waals surface area contributed by atoms with Gasteiger partial charge in [0.05, 0.1) is 5.69 Å². The fourth-order valence-electron chi connectivity index (χ4n) is 4.15. The molecule has 180 valence electrons. The Bertz CT molecular complexity index is 1390. The zero-order chi connectivity index (χ0) is 25.1. The maximum Gasteiger partial charge on any atom is 0.198 e. The lowest BCUT2D eigenvalue weighted by molar-refractivity contribution is -0.111. The third-order valence-corrected chi connectivity index (χ3v) is 6.36. The molecule has 36 heavy (non-hydrogen) atoms. The minimum Gasteiger partial charge on any atom is -0.488 e. The molecule has 0 fully saturated rings. The molecule has 1 aliphatic heterocycles. The molecule has 0 radical (unpaired) electrons. The van der Waals surface area contributed by atoms with Crippen molar-refractivity contribution in [2.45, 2.75) is 19.7 Å². The van der Waals surface area contributed by atoms with Crippen molar-refractivity contribution in [1.82, 2.24) is 0 Å². The SMILES string of the molecule is CC(=O)C1=NN(c2ccccc2)[C@H](c2ccccc2OCc2ccc(Cl)cc2)N1c1ccc(Cl)cc1. The summed E-state index contributed by atoms with van der Waals surface area (Å²) in [6.07, 6.45) is -0.464. The van der Waals surface area contributed by atoms with E-state index in [0.717, 1.165) is 22.5 Å². The van der Waals surface area contributed by atoms with Gasteiger partial charge in [0.15, 0.2) is 17.8 Å². The van der Waals surface area contributed by atoms with Crippen LogP contribution < -0.4 is 14.6 Å². The summed E-state index contributed by atoms with van der Waals surface area (Å²) in [5.41, 5.74) is 3.51. The second-order valence-corrected chi connectivity index (χ2v) is 9.21. The first-order chi connectivity index (χ1) is 17.5. The van der Waals surface area contributed by atoms with Gasteiger partial charge < -0.3 is 4.74 Å². The average Bonchev–Trinajstić information content (AvgIpc) is 3.30. The molecule has 4 aromatic rings. The maximum atomic E-state index is 12.8. The van der Waals surface area contributed by atoms with Crippen molar-refractivity contribution in [2.75, 3.05) is 9.91 Å². The Balaban J connectivity index is 1.60. The zero-order valence-electron chi connectivity index (χ0n) is 19.5. The molecule has 0 spiro atoms. The van der Waals surface area contributed by atoms with Crippen molar-refractivity contribution in [1.29, 1.82) is 0 Å². The fourth-order valence-corrected chi connectivity index (χ4v) is 4.40. The molecule has 1 atom stereocenters. The molecule has 7 heteroatoms. The number of Topliss-reactive ketones (excluding diaryl/α,β-unsaturated/α-hetero) is 1. The monoisotopic (exact) mass is 515 g/mol. The van der Waals surface area contributed by atoms with Gasteiger partial charge in [-0.25, -0.2) is 5.01 Å². The second kappa shape index (κ2) is 10.4. The van der Waals surface area contributed by atoms with Gasteiger partial charge in [0, 0.05) is 28.2 Å². The van der Waals surface area contributed by atoms with E-state index in [0.29, 0.717) is 28.2 Å². The topological polar surface area (TPSA) is 45.1 Å². The van der Waals surface area contributed by atoms with Gasteiger partial charge in [-0.3, -0.25) is 9.69 Å². The number of hydrogen-bond acceptors (Lipinski definition) is 5. The van der Waals surface area contributed by atoms with E-state index >= 15 is 0 Å². The number of ketones is 1. The highest BCUT2D eigenvalue weighted by molar-refractivity contribution is 6.44. The van der Waals surface area contributed by atoms with E-state index in [1.807, 2.05) is 101 Å². The van der Waals surface area contributed by atoms with Crippen LogP contribution in [0.4, 0.5) is 11.4 Å². The number of ether oxygens (including phenoxy) is 1. The van der Waals surface area contributed by atoms with Gasteiger partial charge in [0.1, 0.15) is 12.4 Å². The number of hydrogen-bond donors (Lipinski definition) is 0. The number of rotatable bonds is 7. The molecule has 1 aliphatic rings. The van der Waals surface area contributed by atoms with Crippen LogP contribution in [0.25, 0.3) is 0 Å². The van der Waals surface area contributed by atoms with Crippen molar-refractivity contribution < 1.29 is 9.53 Å². The van der Waals surface area contributed by atoms with E-state index in [9.17, 15) is 4.79 Å². The summed E-state index contributed by atoms with van der Waals surface area (Å²) in [5.74, 6) is 0.879. The summed E-state index contributed by atoms with van der Waals surface area (Å²) in [7, 11) is 0.